The van der Waals surface area contributed by atoms with Gasteiger partial charge in [-0.2, -0.15) is 5.10 Å². The van der Waals surface area contributed by atoms with Gasteiger partial charge < -0.3 is 23.9 Å². The second-order valence-corrected chi connectivity index (χ2v) is 7.80. The molecule has 11 heteroatoms. The number of rotatable bonds is 11. The quantitative estimate of drug-likeness (QED) is 0.241. The van der Waals surface area contributed by atoms with Gasteiger partial charge in [-0.25, -0.2) is 5.43 Å². The van der Waals surface area contributed by atoms with Crippen molar-refractivity contribution in [3.05, 3.63) is 42.0 Å². The smallest absolute Gasteiger partial charge is 0.250 e. The normalized spacial score (nSPS) is 10.9. The maximum absolute atomic E-state index is 12.3. The van der Waals surface area contributed by atoms with Crippen molar-refractivity contribution in [2.75, 3.05) is 26.6 Å². The van der Waals surface area contributed by atoms with E-state index in [0.29, 0.717) is 46.9 Å². The summed E-state index contributed by atoms with van der Waals surface area (Å²) < 4.78 is 17.9. The number of aromatic nitrogens is 3. The Morgan fingerprint density at radius 1 is 1.12 bits per heavy atom. The van der Waals surface area contributed by atoms with Crippen LogP contribution in [0.15, 0.2) is 46.7 Å². The number of carbonyl (C=O) groups excluding carboxylic acids is 1. The fourth-order valence-electron chi connectivity index (χ4n) is 3.09. The molecule has 180 valence electrons. The molecule has 34 heavy (non-hydrogen) atoms. The number of carbonyl (C=O) groups is 1. The molecule has 0 aliphatic carbocycles. The largest absolute Gasteiger partial charge is 0.504 e. The highest BCUT2D eigenvalue weighted by Gasteiger charge is 2.16. The number of nitrogens with one attached hydrogen (secondary N) is 1. The molecule has 1 heterocycles. The van der Waals surface area contributed by atoms with E-state index in [4.69, 9.17) is 14.2 Å². The highest BCUT2D eigenvalue weighted by Crippen LogP contribution is 2.33. The lowest BCUT2D eigenvalue weighted by Gasteiger charge is -2.10. The maximum Gasteiger partial charge on any atom is 0.250 e. The Hall–Kier alpha value is -3.73. The zero-order chi connectivity index (χ0) is 24.5. The van der Waals surface area contributed by atoms with Gasteiger partial charge in [-0.15, -0.1) is 10.2 Å². The van der Waals surface area contributed by atoms with E-state index >= 15 is 0 Å². The van der Waals surface area contributed by atoms with E-state index in [1.807, 2.05) is 36.6 Å². The molecular weight excluding hydrogens is 458 g/mol. The Balaban J connectivity index is 1.63. The lowest BCUT2D eigenvalue weighted by molar-refractivity contribution is -0.118. The zero-order valence-corrected chi connectivity index (χ0v) is 20.3. The summed E-state index contributed by atoms with van der Waals surface area (Å²) in [6, 6.07) is 10.4. The first-order chi connectivity index (χ1) is 16.5. The van der Waals surface area contributed by atoms with Crippen LogP contribution in [0.3, 0.4) is 0 Å². The van der Waals surface area contributed by atoms with Crippen molar-refractivity contribution in [2.45, 2.75) is 25.5 Å². The highest BCUT2D eigenvalue weighted by molar-refractivity contribution is 7.99. The number of ether oxygens (including phenoxy) is 3. The summed E-state index contributed by atoms with van der Waals surface area (Å²) in [7, 11) is 3.16. The van der Waals surface area contributed by atoms with Crippen molar-refractivity contribution in [3.63, 3.8) is 0 Å². The minimum Gasteiger partial charge on any atom is -0.504 e. The third kappa shape index (κ3) is 5.98. The summed E-state index contributed by atoms with van der Waals surface area (Å²) >= 11 is 1.26. The Bertz CT molecular complexity index is 1160. The van der Waals surface area contributed by atoms with Gasteiger partial charge in [0.15, 0.2) is 34.0 Å². The van der Waals surface area contributed by atoms with Crippen molar-refractivity contribution in [2.24, 2.45) is 5.10 Å². The number of hydrogen-bond donors (Lipinski definition) is 2. The first-order valence-electron chi connectivity index (χ1n) is 10.6. The molecular formula is C23H27N5O5S. The van der Waals surface area contributed by atoms with Crippen LogP contribution >= 0.6 is 11.8 Å². The van der Waals surface area contributed by atoms with Crippen LogP contribution in [0.2, 0.25) is 0 Å². The molecule has 0 spiro atoms. The van der Waals surface area contributed by atoms with Gasteiger partial charge >= 0.3 is 0 Å². The molecule has 0 saturated carbocycles. The minimum atomic E-state index is -0.289. The summed E-state index contributed by atoms with van der Waals surface area (Å²) in [6.45, 7) is 4.87. The van der Waals surface area contributed by atoms with Gasteiger partial charge in [0.25, 0.3) is 5.91 Å². The van der Waals surface area contributed by atoms with E-state index < -0.39 is 0 Å². The van der Waals surface area contributed by atoms with Gasteiger partial charge in [-0.1, -0.05) is 11.8 Å². The molecule has 0 aliphatic heterocycles. The average Bonchev–Trinajstić information content (AvgIpc) is 3.27. The number of nitrogens with zero attached hydrogens (tertiary/aromatic N) is 4. The maximum atomic E-state index is 12.3. The van der Waals surface area contributed by atoms with E-state index in [0.717, 1.165) is 5.56 Å². The Labute approximate surface area is 201 Å². The van der Waals surface area contributed by atoms with Gasteiger partial charge in [-0.3, -0.25) is 4.79 Å². The molecule has 2 N–H and O–H groups in total. The topological polar surface area (TPSA) is 120 Å². The SMILES string of the molecule is CCOc1cc(C=NNC(=O)CSc2nnc(-c3ccc(OC)c(OC)c3)n2CC)ccc1O. The van der Waals surface area contributed by atoms with Crippen molar-refractivity contribution >= 4 is 23.9 Å². The van der Waals surface area contributed by atoms with Crippen LogP contribution < -0.4 is 19.6 Å². The fraction of sp³-hybridized carbons (Fsp3) is 0.304. The summed E-state index contributed by atoms with van der Waals surface area (Å²) in [5, 5.41) is 22.9. The van der Waals surface area contributed by atoms with Crippen LogP contribution in [0.5, 0.6) is 23.0 Å². The first kappa shape index (κ1) is 24.9. The first-order valence-corrected chi connectivity index (χ1v) is 11.5. The predicted octanol–water partition coefficient (Wildman–Crippen LogP) is 3.33. The van der Waals surface area contributed by atoms with Gasteiger partial charge in [0.05, 0.1) is 32.8 Å². The molecule has 1 amide bonds. The number of amides is 1. The van der Waals surface area contributed by atoms with E-state index in [1.165, 1.54) is 24.0 Å². The average molecular weight is 486 g/mol. The number of hydrazone groups is 1. The van der Waals surface area contributed by atoms with Gasteiger partial charge in [-0.05, 0) is 55.8 Å². The number of benzene rings is 2. The number of phenols is 1. The van der Waals surface area contributed by atoms with E-state index in [-0.39, 0.29) is 17.4 Å². The number of hydrogen-bond acceptors (Lipinski definition) is 9. The van der Waals surface area contributed by atoms with E-state index in [1.54, 1.807) is 26.4 Å². The standard InChI is InChI=1S/C23H27N5O5S/c1-5-28-22(16-8-10-18(31-3)20(12-16)32-4)26-27-23(28)34-14-21(30)25-24-13-15-7-9-17(29)19(11-15)33-6-2/h7-13,29H,5-6,14H2,1-4H3,(H,25,30). The number of phenolic OH excluding ortho intramolecular Hbond substituents is 1. The molecule has 3 aromatic rings. The molecule has 0 fully saturated rings. The Kier molecular flexibility index (Phi) is 8.74. The molecule has 0 unspecified atom stereocenters. The second-order valence-electron chi connectivity index (χ2n) is 6.86. The lowest BCUT2D eigenvalue weighted by atomic mass is 10.2. The summed E-state index contributed by atoms with van der Waals surface area (Å²) in [6.07, 6.45) is 1.48. The van der Waals surface area contributed by atoms with Crippen molar-refractivity contribution in [1.82, 2.24) is 20.2 Å². The van der Waals surface area contributed by atoms with Crippen LogP contribution in [0.4, 0.5) is 0 Å². The number of aromatic hydroxyl groups is 1. The summed E-state index contributed by atoms with van der Waals surface area (Å²) in [5.74, 6) is 2.12. The molecule has 0 saturated heterocycles. The van der Waals surface area contributed by atoms with Crippen LogP contribution in [-0.2, 0) is 11.3 Å². The van der Waals surface area contributed by atoms with Crippen LogP contribution in [0.1, 0.15) is 19.4 Å². The van der Waals surface area contributed by atoms with Crippen LogP contribution in [-0.4, -0.2) is 58.6 Å². The molecule has 0 aliphatic rings. The number of methoxy groups -OCH3 is 2. The molecule has 0 radical (unpaired) electrons. The van der Waals surface area contributed by atoms with Gasteiger partial charge in [0, 0.05) is 12.1 Å². The lowest BCUT2D eigenvalue weighted by Crippen LogP contribution is -2.20. The summed E-state index contributed by atoms with van der Waals surface area (Å²) in [4.78, 5) is 12.3. The van der Waals surface area contributed by atoms with Crippen molar-refractivity contribution in [3.8, 4) is 34.4 Å². The molecule has 2 aromatic carbocycles. The highest BCUT2D eigenvalue weighted by atomic mass is 32.2. The van der Waals surface area contributed by atoms with E-state index in [9.17, 15) is 9.90 Å². The van der Waals surface area contributed by atoms with E-state index in [2.05, 4.69) is 20.7 Å². The minimum absolute atomic E-state index is 0.0481. The second kappa shape index (κ2) is 11.9. The molecule has 0 bridgehead atoms. The zero-order valence-electron chi connectivity index (χ0n) is 19.4. The Morgan fingerprint density at radius 3 is 2.62 bits per heavy atom. The third-order valence-electron chi connectivity index (χ3n) is 4.69. The number of thioether (sulfide) groups is 1. The Morgan fingerprint density at radius 2 is 1.91 bits per heavy atom. The van der Waals surface area contributed by atoms with Gasteiger partial charge in [0.1, 0.15) is 0 Å². The molecule has 10 nitrogen and oxygen atoms in total. The summed E-state index contributed by atoms with van der Waals surface area (Å²) in [5.41, 5.74) is 4.00. The van der Waals surface area contributed by atoms with Crippen molar-refractivity contribution < 1.29 is 24.1 Å². The molecule has 3 rings (SSSR count). The predicted molar refractivity (Wildman–Crippen MR) is 130 cm³/mol. The monoisotopic (exact) mass is 485 g/mol. The molecule has 0 atom stereocenters. The van der Waals surface area contributed by atoms with Crippen LogP contribution in [0.25, 0.3) is 11.4 Å². The van der Waals surface area contributed by atoms with Gasteiger partial charge in [0.2, 0.25) is 0 Å². The molecule has 1 aromatic heterocycles. The third-order valence-corrected chi connectivity index (χ3v) is 5.66. The van der Waals surface area contributed by atoms with Crippen LogP contribution in [0, 0.1) is 0 Å². The fourth-order valence-corrected chi connectivity index (χ4v) is 3.89. The van der Waals surface area contributed by atoms with Crippen molar-refractivity contribution in [1.29, 1.82) is 0 Å².